The van der Waals surface area contributed by atoms with Gasteiger partial charge in [0, 0.05) is 21.8 Å². The number of hydrogen-bond donors (Lipinski definition) is 3. The summed E-state index contributed by atoms with van der Waals surface area (Å²) in [6.45, 7) is 3.74. The molecular formula is C23H22F2N2O4. The minimum atomic E-state index is -1.04. The molecule has 31 heavy (non-hydrogen) atoms. The second-order valence-electron chi connectivity index (χ2n) is 6.93. The number of fused-ring (bicyclic) bond motifs is 2. The van der Waals surface area contributed by atoms with E-state index in [2.05, 4.69) is 14.7 Å². The number of rotatable bonds is 4. The number of aryl methyl sites for hydroxylation is 2. The lowest BCUT2D eigenvalue weighted by molar-refractivity contribution is 0.0594. The molecule has 0 aliphatic carbocycles. The van der Waals surface area contributed by atoms with E-state index >= 15 is 0 Å². The third-order valence-corrected chi connectivity index (χ3v) is 4.97. The summed E-state index contributed by atoms with van der Waals surface area (Å²) in [5, 5.41) is 10.3. The molecule has 0 atom stereocenters. The van der Waals surface area contributed by atoms with Crippen molar-refractivity contribution < 1.29 is 28.2 Å². The van der Waals surface area contributed by atoms with Crippen LogP contribution in [0.4, 0.5) is 8.78 Å². The third kappa shape index (κ3) is 4.58. The van der Waals surface area contributed by atoms with Gasteiger partial charge in [-0.25, -0.2) is 18.4 Å². The van der Waals surface area contributed by atoms with Crippen LogP contribution in [0, 0.1) is 11.6 Å². The number of ether oxygens (including phenoxy) is 1. The molecule has 2 heterocycles. The molecule has 0 saturated heterocycles. The normalized spacial score (nSPS) is 10.7. The van der Waals surface area contributed by atoms with Crippen molar-refractivity contribution in [2.75, 3.05) is 7.11 Å². The van der Waals surface area contributed by atoms with Crippen LogP contribution in [0.25, 0.3) is 21.8 Å². The molecule has 4 rings (SSSR count). The number of carboxylic acid groups (broad SMARTS) is 1. The van der Waals surface area contributed by atoms with E-state index in [-0.39, 0.29) is 17.3 Å². The molecule has 2 aromatic carbocycles. The fourth-order valence-corrected chi connectivity index (χ4v) is 3.28. The SMILES string of the molecule is CCc1cc2cc(C(=O)O)[nH]c2cc1F.CCc1cc2cc(C(=O)OC)[nH]c2cc1F. The highest BCUT2D eigenvalue weighted by molar-refractivity contribution is 5.95. The van der Waals surface area contributed by atoms with Gasteiger partial charge in [-0.05, 0) is 60.4 Å². The van der Waals surface area contributed by atoms with Crippen molar-refractivity contribution in [2.45, 2.75) is 26.7 Å². The Morgan fingerprint density at radius 2 is 1.29 bits per heavy atom. The number of aromatic carboxylic acids is 1. The molecule has 4 aromatic rings. The topological polar surface area (TPSA) is 95.2 Å². The zero-order valence-corrected chi connectivity index (χ0v) is 17.3. The molecule has 0 amide bonds. The molecule has 0 bridgehead atoms. The Morgan fingerprint density at radius 3 is 1.71 bits per heavy atom. The Kier molecular flexibility index (Phi) is 6.39. The highest BCUT2D eigenvalue weighted by atomic mass is 19.1. The van der Waals surface area contributed by atoms with Gasteiger partial charge in [-0.15, -0.1) is 0 Å². The first-order valence-electron chi connectivity index (χ1n) is 9.71. The van der Waals surface area contributed by atoms with Crippen molar-refractivity contribution in [2.24, 2.45) is 0 Å². The summed E-state index contributed by atoms with van der Waals surface area (Å²) in [5.74, 6) is -2.05. The number of nitrogens with one attached hydrogen (secondary N) is 2. The molecular weight excluding hydrogens is 406 g/mol. The van der Waals surface area contributed by atoms with E-state index in [1.54, 1.807) is 18.2 Å². The fourth-order valence-electron chi connectivity index (χ4n) is 3.28. The Bertz CT molecular complexity index is 1270. The van der Waals surface area contributed by atoms with Crippen molar-refractivity contribution in [1.29, 1.82) is 0 Å². The minimum absolute atomic E-state index is 0.0812. The lowest BCUT2D eigenvalue weighted by Gasteiger charge is -1.98. The standard InChI is InChI=1S/C12H12FNO2.C11H10FNO2/c1-3-7-4-8-5-11(12(15)16-2)14-10(8)6-9(7)13;1-2-6-3-7-4-10(11(14)15)13-9(7)5-8(6)12/h4-6,14H,3H2,1-2H3;3-5,13H,2H2,1H3,(H,14,15). The van der Waals surface area contributed by atoms with Gasteiger partial charge in [0.25, 0.3) is 0 Å². The molecule has 0 aliphatic heterocycles. The second-order valence-corrected chi connectivity index (χ2v) is 6.93. The highest BCUT2D eigenvalue weighted by Crippen LogP contribution is 2.22. The Morgan fingerprint density at radius 1 is 0.839 bits per heavy atom. The summed E-state index contributed by atoms with van der Waals surface area (Å²) in [5.41, 5.74) is 2.78. The van der Waals surface area contributed by atoms with E-state index in [9.17, 15) is 18.4 Å². The third-order valence-electron chi connectivity index (χ3n) is 4.97. The van der Waals surface area contributed by atoms with Crippen LogP contribution in [0.3, 0.4) is 0 Å². The van der Waals surface area contributed by atoms with Gasteiger partial charge < -0.3 is 19.8 Å². The Hall–Kier alpha value is -3.68. The molecule has 8 heteroatoms. The van der Waals surface area contributed by atoms with Crippen LogP contribution in [-0.4, -0.2) is 34.1 Å². The molecule has 0 saturated carbocycles. The van der Waals surface area contributed by atoms with E-state index < -0.39 is 11.9 Å². The predicted molar refractivity (Wildman–Crippen MR) is 114 cm³/mol. The van der Waals surface area contributed by atoms with Crippen molar-refractivity contribution >= 4 is 33.7 Å². The number of H-pyrrole nitrogens is 2. The van der Waals surface area contributed by atoms with Crippen LogP contribution in [0.5, 0.6) is 0 Å². The van der Waals surface area contributed by atoms with E-state index in [1.807, 2.05) is 13.8 Å². The van der Waals surface area contributed by atoms with E-state index in [4.69, 9.17) is 5.11 Å². The first-order chi connectivity index (χ1) is 14.8. The summed E-state index contributed by atoms with van der Waals surface area (Å²) in [6.07, 6.45) is 1.22. The number of esters is 1. The van der Waals surface area contributed by atoms with Crippen molar-refractivity contribution in [3.8, 4) is 0 Å². The van der Waals surface area contributed by atoms with Crippen molar-refractivity contribution in [3.05, 3.63) is 70.5 Å². The quantitative estimate of drug-likeness (QED) is 0.388. The number of carbonyl (C=O) groups is 2. The van der Waals surface area contributed by atoms with Crippen molar-refractivity contribution in [1.82, 2.24) is 9.97 Å². The predicted octanol–water partition coefficient (Wildman–Crippen LogP) is 5.22. The molecule has 2 aromatic heterocycles. The summed E-state index contributed by atoms with van der Waals surface area (Å²) >= 11 is 0. The lowest BCUT2D eigenvalue weighted by Crippen LogP contribution is -2.00. The minimum Gasteiger partial charge on any atom is -0.477 e. The number of aromatic amines is 2. The average Bonchev–Trinajstić information content (AvgIpc) is 3.35. The maximum atomic E-state index is 13.5. The number of hydrogen-bond acceptors (Lipinski definition) is 3. The molecule has 162 valence electrons. The maximum Gasteiger partial charge on any atom is 0.354 e. The van der Waals surface area contributed by atoms with Crippen LogP contribution < -0.4 is 0 Å². The Balaban J connectivity index is 0.000000176. The highest BCUT2D eigenvalue weighted by Gasteiger charge is 2.12. The molecule has 0 fully saturated rings. The first-order valence-corrected chi connectivity index (χ1v) is 9.71. The van der Waals surface area contributed by atoms with Crippen LogP contribution in [0.15, 0.2) is 36.4 Å². The number of benzene rings is 2. The van der Waals surface area contributed by atoms with Crippen LogP contribution in [-0.2, 0) is 17.6 Å². The summed E-state index contributed by atoms with van der Waals surface area (Å²) < 4.78 is 31.4. The number of aromatic nitrogens is 2. The number of halogens is 2. The largest absolute Gasteiger partial charge is 0.477 e. The average molecular weight is 428 g/mol. The lowest BCUT2D eigenvalue weighted by atomic mass is 10.1. The zero-order chi connectivity index (χ0) is 22.7. The number of methoxy groups -OCH3 is 1. The van der Waals surface area contributed by atoms with Crippen molar-refractivity contribution in [3.63, 3.8) is 0 Å². The van der Waals surface area contributed by atoms with E-state index in [0.29, 0.717) is 40.7 Å². The number of carbonyl (C=O) groups excluding carboxylic acids is 1. The van der Waals surface area contributed by atoms with Gasteiger partial charge in [0.1, 0.15) is 23.0 Å². The maximum absolute atomic E-state index is 13.5. The van der Waals surface area contributed by atoms with E-state index in [0.717, 1.165) is 10.8 Å². The summed E-state index contributed by atoms with van der Waals surface area (Å²) in [7, 11) is 1.31. The zero-order valence-electron chi connectivity index (χ0n) is 17.3. The van der Waals surface area contributed by atoms with Gasteiger partial charge in [-0.2, -0.15) is 0 Å². The molecule has 6 nitrogen and oxygen atoms in total. The molecule has 0 unspecified atom stereocenters. The summed E-state index contributed by atoms with van der Waals surface area (Å²) in [4.78, 5) is 27.4. The molecule has 0 spiro atoms. The fraction of sp³-hybridized carbons (Fsp3) is 0.217. The van der Waals surface area contributed by atoms with Gasteiger partial charge in [-0.1, -0.05) is 13.8 Å². The van der Waals surface area contributed by atoms with Gasteiger partial charge in [-0.3, -0.25) is 0 Å². The number of carboxylic acids is 1. The van der Waals surface area contributed by atoms with Crippen LogP contribution >= 0.6 is 0 Å². The monoisotopic (exact) mass is 428 g/mol. The van der Waals surface area contributed by atoms with Gasteiger partial charge in [0.2, 0.25) is 0 Å². The summed E-state index contributed by atoms with van der Waals surface area (Å²) in [6, 6.07) is 9.33. The smallest absolute Gasteiger partial charge is 0.354 e. The molecule has 0 radical (unpaired) electrons. The second kappa shape index (κ2) is 8.99. The first kappa shape index (κ1) is 22.0. The van der Waals surface area contributed by atoms with E-state index in [1.165, 1.54) is 25.3 Å². The molecule has 3 N–H and O–H groups in total. The molecule has 0 aliphatic rings. The van der Waals surface area contributed by atoms with Gasteiger partial charge >= 0.3 is 11.9 Å². The Labute approximate surface area is 176 Å². The van der Waals surface area contributed by atoms with Crippen LogP contribution in [0.2, 0.25) is 0 Å². The van der Waals surface area contributed by atoms with Gasteiger partial charge in [0.15, 0.2) is 0 Å². The van der Waals surface area contributed by atoms with Crippen LogP contribution in [0.1, 0.15) is 46.0 Å². The van der Waals surface area contributed by atoms with Gasteiger partial charge in [0.05, 0.1) is 7.11 Å².